The lowest BCUT2D eigenvalue weighted by atomic mass is 10.3. The van der Waals surface area contributed by atoms with E-state index in [1.165, 1.54) is 16.7 Å². The molecule has 0 aliphatic heterocycles. The van der Waals surface area contributed by atoms with Crippen LogP contribution in [0.1, 0.15) is 0 Å². The van der Waals surface area contributed by atoms with Crippen LogP contribution < -0.4 is 10.5 Å². The van der Waals surface area contributed by atoms with Crippen molar-refractivity contribution >= 4 is 17.3 Å². The molecule has 1 N–H and O–H groups in total. The van der Waals surface area contributed by atoms with Gasteiger partial charge in [-0.2, -0.15) is 0 Å². The smallest absolute Gasteiger partial charge is 0.449 e. The SMILES string of the molecule is Cn1c(=O)oc2cc(OC(=O)O)ccc21. The summed E-state index contributed by atoms with van der Waals surface area (Å²) in [5.41, 5.74) is 0.874. The van der Waals surface area contributed by atoms with Crippen LogP contribution in [0.2, 0.25) is 0 Å². The van der Waals surface area contributed by atoms with E-state index in [9.17, 15) is 9.59 Å². The molecule has 15 heavy (non-hydrogen) atoms. The van der Waals surface area contributed by atoms with Gasteiger partial charge in [-0.25, -0.2) is 9.59 Å². The fourth-order valence-corrected chi connectivity index (χ4v) is 1.28. The Morgan fingerprint density at radius 1 is 1.53 bits per heavy atom. The summed E-state index contributed by atoms with van der Waals surface area (Å²) in [5, 5.41) is 8.38. The maximum Gasteiger partial charge on any atom is 0.511 e. The lowest BCUT2D eigenvalue weighted by molar-refractivity contribution is 0.144. The molecule has 6 nitrogen and oxygen atoms in total. The van der Waals surface area contributed by atoms with Crippen LogP contribution in [0.3, 0.4) is 0 Å². The van der Waals surface area contributed by atoms with E-state index in [1.807, 2.05) is 0 Å². The number of ether oxygens (including phenoxy) is 1. The first-order valence-electron chi connectivity index (χ1n) is 4.08. The molecule has 0 saturated carbocycles. The minimum Gasteiger partial charge on any atom is -0.449 e. The molecule has 1 aromatic heterocycles. The first-order valence-corrected chi connectivity index (χ1v) is 4.08. The summed E-state index contributed by atoms with van der Waals surface area (Å²) in [4.78, 5) is 21.4. The third kappa shape index (κ3) is 1.56. The van der Waals surface area contributed by atoms with Crippen LogP contribution in [0.15, 0.2) is 27.4 Å². The van der Waals surface area contributed by atoms with Gasteiger partial charge < -0.3 is 14.3 Å². The zero-order valence-electron chi connectivity index (χ0n) is 7.76. The Morgan fingerprint density at radius 2 is 2.27 bits per heavy atom. The average Bonchev–Trinajstić information content (AvgIpc) is 2.41. The number of carboxylic acid groups (broad SMARTS) is 1. The van der Waals surface area contributed by atoms with Crippen molar-refractivity contribution in [3.8, 4) is 5.75 Å². The fourth-order valence-electron chi connectivity index (χ4n) is 1.28. The highest BCUT2D eigenvalue weighted by molar-refractivity contribution is 5.75. The predicted molar refractivity (Wildman–Crippen MR) is 50.1 cm³/mol. The van der Waals surface area contributed by atoms with Crippen molar-refractivity contribution in [1.82, 2.24) is 4.57 Å². The van der Waals surface area contributed by atoms with Crippen molar-refractivity contribution in [3.05, 3.63) is 28.7 Å². The van der Waals surface area contributed by atoms with Crippen molar-refractivity contribution in [2.24, 2.45) is 7.05 Å². The molecule has 0 radical (unpaired) electrons. The van der Waals surface area contributed by atoms with E-state index in [-0.39, 0.29) is 5.75 Å². The molecule has 0 fully saturated rings. The van der Waals surface area contributed by atoms with Crippen molar-refractivity contribution in [3.63, 3.8) is 0 Å². The van der Waals surface area contributed by atoms with Gasteiger partial charge in [0.25, 0.3) is 0 Å². The zero-order chi connectivity index (χ0) is 11.0. The third-order valence-corrected chi connectivity index (χ3v) is 1.97. The minimum atomic E-state index is -1.41. The zero-order valence-corrected chi connectivity index (χ0v) is 7.76. The van der Waals surface area contributed by atoms with Gasteiger partial charge in [-0.3, -0.25) is 4.57 Å². The summed E-state index contributed by atoms with van der Waals surface area (Å²) in [6, 6.07) is 4.36. The Bertz CT molecular complexity index is 580. The maximum absolute atomic E-state index is 11.1. The maximum atomic E-state index is 11.1. The Balaban J connectivity index is 2.57. The second kappa shape index (κ2) is 3.16. The first kappa shape index (κ1) is 9.32. The highest BCUT2D eigenvalue weighted by Crippen LogP contribution is 2.19. The second-order valence-electron chi connectivity index (χ2n) is 2.92. The molecule has 0 amide bonds. The number of aryl methyl sites for hydroxylation is 1. The molecular formula is C9H7NO5. The molecule has 0 aliphatic carbocycles. The number of hydrogen-bond acceptors (Lipinski definition) is 4. The van der Waals surface area contributed by atoms with Gasteiger partial charge in [0.15, 0.2) is 5.58 Å². The fraction of sp³-hybridized carbons (Fsp3) is 0.111. The number of hydrogen-bond donors (Lipinski definition) is 1. The molecule has 2 aromatic rings. The number of nitrogens with zero attached hydrogens (tertiary/aromatic N) is 1. The summed E-state index contributed by atoms with van der Waals surface area (Å²) >= 11 is 0. The van der Waals surface area contributed by atoms with Crippen molar-refractivity contribution in [2.45, 2.75) is 0 Å². The van der Waals surface area contributed by atoms with E-state index in [4.69, 9.17) is 9.52 Å². The van der Waals surface area contributed by atoms with Crippen LogP contribution in [0.25, 0.3) is 11.1 Å². The summed E-state index contributed by atoms with van der Waals surface area (Å²) in [7, 11) is 1.56. The van der Waals surface area contributed by atoms with Gasteiger partial charge >= 0.3 is 11.9 Å². The number of benzene rings is 1. The monoisotopic (exact) mass is 209 g/mol. The van der Waals surface area contributed by atoms with Crippen LogP contribution in [0.5, 0.6) is 5.75 Å². The Labute approximate surface area is 83.3 Å². The molecule has 0 aliphatic rings. The van der Waals surface area contributed by atoms with E-state index in [0.717, 1.165) is 0 Å². The van der Waals surface area contributed by atoms with Crippen LogP contribution in [-0.4, -0.2) is 15.8 Å². The quantitative estimate of drug-likeness (QED) is 0.563. The first-order chi connectivity index (χ1) is 7.08. The lowest BCUT2D eigenvalue weighted by Crippen LogP contribution is -2.08. The van der Waals surface area contributed by atoms with E-state index in [2.05, 4.69) is 4.74 Å². The van der Waals surface area contributed by atoms with Crippen molar-refractivity contribution < 1.29 is 19.1 Å². The highest BCUT2D eigenvalue weighted by Gasteiger charge is 2.08. The van der Waals surface area contributed by atoms with Gasteiger partial charge in [-0.15, -0.1) is 0 Å². The van der Waals surface area contributed by atoms with Crippen LogP contribution in [0.4, 0.5) is 4.79 Å². The normalized spacial score (nSPS) is 10.5. The van der Waals surface area contributed by atoms with E-state index in [1.54, 1.807) is 13.1 Å². The largest absolute Gasteiger partial charge is 0.511 e. The van der Waals surface area contributed by atoms with Crippen LogP contribution in [-0.2, 0) is 7.05 Å². The summed E-state index contributed by atoms with van der Waals surface area (Å²) in [6.07, 6.45) is -1.41. The molecule has 6 heteroatoms. The predicted octanol–water partition coefficient (Wildman–Crippen LogP) is 1.19. The van der Waals surface area contributed by atoms with Gasteiger partial charge in [-0.1, -0.05) is 0 Å². The topological polar surface area (TPSA) is 81.7 Å². The molecule has 0 saturated heterocycles. The molecular weight excluding hydrogens is 202 g/mol. The molecule has 2 rings (SSSR count). The molecule has 0 bridgehead atoms. The molecule has 0 unspecified atom stereocenters. The minimum absolute atomic E-state index is 0.115. The van der Waals surface area contributed by atoms with Crippen molar-refractivity contribution in [2.75, 3.05) is 0 Å². The van der Waals surface area contributed by atoms with E-state index >= 15 is 0 Å². The standard InChI is InChI=1S/C9H7NO5/c1-10-6-3-2-5(14-9(12)13)4-7(6)15-8(10)11/h2-4H,1H3,(H,12,13). The second-order valence-corrected chi connectivity index (χ2v) is 2.92. The van der Waals surface area contributed by atoms with Gasteiger partial charge in [0, 0.05) is 13.1 Å². The average molecular weight is 209 g/mol. The van der Waals surface area contributed by atoms with Crippen LogP contribution >= 0.6 is 0 Å². The number of oxazole rings is 1. The molecule has 1 heterocycles. The van der Waals surface area contributed by atoms with Crippen LogP contribution in [0, 0.1) is 0 Å². The molecule has 78 valence electrons. The highest BCUT2D eigenvalue weighted by atomic mass is 16.7. The summed E-state index contributed by atoms with van der Waals surface area (Å²) in [6.45, 7) is 0. The molecule has 0 spiro atoms. The number of fused-ring (bicyclic) bond motifs is 1. The van der Waals surface area contributed by atoms with Gasteiger partial charge in [-0.05, 0) is 12.1 Å². The molecule has 1 aromatic carbocycles. The number of carbonyl (C=O) groups is 1. The summed E-state index contributed by atoms with van der Waals surface area (Å²) < 4.78 is 10.6. The Morgan fingerprint density at radius 3 is 2.93 bits per heavy atom. The van der Waals surface area contributed by atoms with Crippen molar-refractivity contribution in [1.29, 1.82) is 0 Å². The van der Waals surface area contributed by atoms with Gasteiger partial charge in [0.05, 0.1) is 5.52 Å². The Kier molecular flexibility index (Phi) is 1.96. The van der Waals surface area contributed by atoms with Gasteiger partial charge in [0.1, 0.15) is 5.75 Å². The Hall–Kier alpha value is -2.24. The molecule has 0 atom stereocenters. The van der Waals surface area contributed by atoms with Gasteiger partial charge in [0.2, 0.25) is 0 Å². The van der Waals surface area contributed by atoms with E-state index < -0.39 is 11.9 Å². The third-order valence-electron chi connectivity index (χ3n) is 1.97. The lowest BCUT2D eigenvalue weighted by Gasteiger charge is -1.98. The van der Waals surface area contributed by atoms with E-state index in [0.29, 0.717) is 11.1 Å². The number of aromatic nitrogens is 1. The summed E-state index contributed by atoms with van der Waals surface area (Å²) in [5.74, 6) is -0.387. The number of rotatable bonds is 1.